The van der Waals surface area contributed by atoms with Crippen molar-refractivity contribution in [3.05, 3.63) is 29.3 Å². The highest BCUT2D eigenvalue weighted by Crippen LogP contribution is 2.30. The van der Waals surface area contributed by atoms with Gasteiger partial charge in [-0.05, 0) is 31.4 Å². The van der Waals surface area contributed by atoms with Crippen molar-refractivity contribution in [3.63, 3.8) is 0 Å². The van der Waals surface area contributed by atoms with Crippen molar-refractivity contribution >= 4 is 17.6 Å². The molecule has 4 N–H and O–H groups in total. The molecule has 0 heterocycles. The van der Waals surface area contributed by atoms with Crippen molar-refractivity contribution in [2.24, 2.45) is 5.73 Å². The third-order valence-electron chi connectivity index (χ3n) is 3.87. The van der Waals surface area contributed by atoms with E-state index < -0.39 is 11.5 Å². The number of rotatable bonds is 4. The Labute approximate surface area is 118 Å². The summed E-state index contributed by atoms with van der Waals surface area (Å²) >= 11 is 0. The summed E-state index contributed by atoms with van der Waals surface area (Å²) in [5, 5.41) is 11.9. The predicted molar refractivity (Wildman–Crippen MR) is 76.8 cm³/mol. The van der Waals surface area contributed by atoms with Gasteiger partial charge in [-0.1, -0.05) is 25.0 Å². The summed E-state index contributed by atoms with van der Waals surface area (Å²) in [6, 6.07) is 5.04. The number of hydrogen-bond donors (Lipinski definition) is 3. The number of carbonyl (C=O) groups is 2. The minimum atomic E-state index is -1.04. The molecule has 0 unspecified atom stereocenters. The summed E-state index contributed by atoms with van der Waals surface area (Å²) in [6.07, 6.45) is 4.03. The van der Waals surface area contributed by atoms with Gasteiger partial charge in [-0.25, -0.2) is 4.79 Å². The molecule has 0 saturated heterocycles. The molecule has 5 heteroatoms. The van der Waals surface area contributed by atoms with Gasteiger partial charge in [0, 0.05) is 12.0 Å². The van der Waals surface area contributed by atoms with Crippen LogP contribution in [0, 0.1) is 6.92 Å². The number of carbonyl (C=O) groups excluding carboxylic acids is 1. The Morgan fingerprint density at radius 3 is 2.60 bits per heavy atom. The summed E-state index contributed by atoms with van der Waals surface area (Å²) in [7, 11) is 0. The van der Waals surface area contributed by atoms with Gasteiger partial charge in [0.2, 0.25) is 5.91 Å². The van der Waals surface area contributed by atoms with Crippen molar-refractivity contribution < 1.29 is 14.7 Å². The lowest BCUT2D eigenvalue weighted by molar-refractivity contribution is -0.117. The molecule has 5 nitrogen and oxygen atoms in total. The molecule has 1 saturated carbocycles. The van der Waals surface area contributed by atoms with Crippen LogP contribution in [-0.2, 0) is 4.79 Å². The van der Waals surface area contributed by atoms with E-state index >= 15 is 0 Å². The Kier molecular flexibility index (Phi) is 4.09. The zero-order valence-electron chi connectivity index (χ0n) is 11.6. The molecule has 1 aromatic rings. The molecule has 0 bridgehead atoms. The average Bonchev–Trinajstić information content (AvgIpc) is 2.74. The molecule has 0 radical (unpaired) electrons. The summed E-state index contributed by atoms with van der Waals surface area (Å²) in [5.41, 5.74) is 6.83. The molecule has 1 fully saturated rings. The van der Waals surface area contributed by atoms with E-state index in [0.717, 1.165) is 25.7 Å². The van der Waals surface area contributed by atoms with E-state index in [-0.39, 0.29) is 17.9 Å². The molecule has 1 amide bonds. The lowest BCUT2D eigenvalue weighted by Crippen LogP contribution is -2.40. The van der Waals surface area contributed by atoms with E-state index in [1.54, 1.807) is 25.1 Å². The van der Waals surface area contributed by atoms with Crippen LogP contribution in [0.2, 0.25) is 0 Å². The number of nitrogens with two attached hydrogens (primary N) is 1. The molecule has 1 aliphatic rings. The quantitative estimate of drug-likeness (QED) is 0.786. The third kappa shape index (κ3) is 3.17. The number of nitrogens with one attached hydrogen (secondary N) is 1. The lowest BCUT2D eigenvalue weighted by atomic mass is 9.94. The van der Waals surface area contributed by atoms with E-state index in [1.165, 1.54) is 0 Å². The summed E-state index contributed by atoms with van der Waals surface area (Å²) < 4.78 is 0. The largest absolute Gasteiger partial charge is 0.478 e. The SMILES string of the molecule is Cc1cccc(NC(=O)CC2(N)CCCC2)c1C(=O)O. The molecule has 1 aliphatic carbocycles. The minimum absolute atomic E-state index is 0.137. The van der Waals surface area contributed by atoms with Gasteiger partial charge in [-0.3, -0.25) is 4.79 Å². The third-order valence-corrected chi connectivity index (χ3v) is 3.87. The number of benzene rings is 1. The van der Waals surface area contributed by atoms with Gasteiger partial charge < -0.3 is 16.2 Å². The van der Waals surface area contributed by atoms with E-state index in [1.807, 2.05) is 0 Å². The first kappa shape index (κ1) is 14.5. The highest BCUT2D eigenvalue weighted by atomic mass is 16.4. The van der Waals surface area contributed by atoms with Gasteiger partial charge in [0.15, 0.2) is 0 Å². The zero-order valence-corrected chi connectivity index (χ0v) is 11.6. The maximum atomic E-state index is 12.1. The molecule has 108 valence electrons. The number of anilines is 1. The monoisotopic (exact) mass is 276 g/mol. The first-order chi connectivity index (χ1) is 9.41. The van der Waals surface area contributed by atoms with Crippen molar-refractivity contribution in [2.75, 3.05) is 5.32 Å². The topological polar surface area (TPSA) is 92.4 Å². The summed E-state index contributed by atoms with van der Waals surface area (Å²) in [4.78, 5) is 23.3. The summed E-state index contributed by atoms with van der Waals surface area (Å²) in [5.74, 6) is -1.26. The molecule has 1 aromatic carbocycles. The van der Waals surface area contributed by atoms with Gasteiger partial charge in [0.05, 0.1) is 11.3 Å². The van der Waals surface area contributed by atoms with Crippen LogP contribution in [-0.4, -0.2) is 22.5 Å². The Morgan fingerprint density at radius 2 is 2.00 bits per heavy atom. The van der Waals surface area contributed by atoms with Gasteiger partial charge >= 0.3 is 5.97 Å². The molecule has 20 heavy (non-hydrogen) atoms. The van der Waals surface area contributed by atoms with Gasteiger partial charge in [-0.2, -0.15) is 0 Å². The van der Waals surface area contributed by atoms with Crippen LogP contribution in [0.4, 0.5) is 5.69 Å². The van der Waals surface area contributed by atoms with Crippen molar-refractivity contribution in [1.82, 2.24) is 0 Å². The van der Waals surface area contributed by atoms with E-state index in [9.17, 15) is 14.7 Å². The van der Waals surface area contributed by atoms with Gasteiger partial charge in [0.1, 0.15) is 0 Å². The van der Waals surface area contributed by atoms with Crippen molar-refractivity contribution in [3.8, 4) is 0 Å². The maximum Gasteiger partial charge on any atom is 0.338 e. The Hall–Kier alpha value is -1.88. The predicted octanol–water partition coefficient (Wildman–Crippen LogP) is 2.29. The highest BCUT2D eigenvalue weighted by molar-refractivity contribution is 6.01. The van der Waals surface area contributed by atoms with Crippen LogP contribution < -0.4 is 11.1 Å². The average molecular weight is 276 g/mol. The molecule has 0 aliphatic heterocycles. The van der Waals surface area contributed by atoms with Crippen LogP contribution in [0.1, 0.15) is 48.0 Å². The maximum absolute atomic E-state index is 12.1. The van der Waals surface area contributed by atoms with Crippen LogP contribution in [0.15, 0.2) is 18.2 Å². The Balaban J connectivity index is 2.12. The molecule has 0 spiro atoms. The Bertz CT molecular complexity index is 534. The van der Waals surface area contributed by atoms with Crippen molar-refractivity contribution in [1.29, 1.82) is 0 Å². The van der Waals surface area contributed by atoms with E-state index in [4.69, 9.17) is 5.73 Å². The van der Waals surface area contributed by atoms with Crippen LogP contribution in [0.3, 0.4) is 0 Å². The van der Waals surface area contributed by atoms with Crippen LogP contribution in [0.25, 0.3) is 0 Å². The fourth-order valence-corrected chi connectivity index (χ4v) is 2.83. The highest BCUT2D eigenvalue weighted by Gasteiger charge is 2.32. The fourth-order valence-electron chi connectivity index (χ4n) is 2.83. The zero-order chi connectivity index (χ0) is 14.8. The Morgan fingerprint density at radius 1 is 1.35 bits per heavy atom. The molecular weight excluding hydrogens is 256 g/mol. The van der Waals surface area contributed by atoms with Crippen LogP contribution >= 0.6 is 0 Å². The number of carboxylic acid groups (broad SMARTS) is 1. The number of carboxylic acids is 1. The van der Waals surface area contributed by atoms with Crippen LogP contribution in [0.5, 0.6) is 0 Å². The minimum Gasteiger partial charge on any atom is -0.478 e. The normalized spacial score (nSPS) is 16.9. The standard InChI is InChI=1S/C15H20N2O3/c1-10-5-4-6-11(13(10)14(19)20)17-12(18)9-15(16)7-2-3-8-15/h4-6H,2-3,7-9,16H2,1H3,(H,17,18)(H,19,20). The first-order valence-electron chi connectivity index (χ1n) is 6.83. The number of amides is 1. The number of hydrogen-bond acceptors (Lipinski definition) is 3. The molecule has 0 aromatic heterocycles. The number of aryl methyl sites for hydroxylation is 1. The summed E-state index contributed by atoms with van der Waals surface area (Å²) in [6.45, 7) is 1.71. The smallest absolute Gasteiger partial charge is 0.338 e. The fraction of sp³-hybridized carbons (Fsp3) is 0.467. The number of aromatic carboxylic acids is 1. The molecule has 2 rings (SSSR count). The second kappa shape index (κ2) is 5.63. The van der Waals surface area contributed by atoms with Gasteiger partial charge in [-0.15, -0.1) is 0 Å². The van der Waals surface area contributed by atoms with Gasteiger partial charge in [0.25, 0.3) is 0 Å². The molecular formula is C15H20N2O3. The van der Waals surface area contributed by atoms with E-state index in [0.29, 0.717) is 11.3 Å². The lowest BCUT2D eigenvalue weighted by Gasteiger charge is -2.22. The van der Waals surface area contributed by atoms with Crippen molar-refractivity contribution in [2.45, 2.75) is 44.6 Å². The first-order valence-corrected chi connectivity index (χ1v) is 6.83. The second-order valence-electron chi connectivity index (χ2n) is 5.60. The van der Waals surface area contributed by atoms with E-state index in [2.05, 4.69) is 5.32 Å². The second-order valence-corrected chi connectivity index (χ2v) is 5.60. The molecule has 0 atom stereocenters.